The number of hydrogen-bond donors (Lipinski definition) is 3. The summed E-state index contributed by atoms with van der Waals surface area (Å²) in [5.41, 5.74) is 0. The van der Waals surface area contributed by atoms with Crippen molar-refractivity contribution in [2.45, 2.75) is 373 Å². The fraction of sp³-hybridized carbons (Fsp3) is 0.909. The molecule has 0 saturated carbocycles. The van der Waals surface area contributed by atoms with Crippen molar-refractivity contribution in [2.24, 2.45) is 0 Å². The van der Waals surface area contributed by atoms with Crippen molar-refractivity contribution in [3.05, 3.63) is 24.3 Å². The fourth-order valence-corrected chi connectivity index (χ4v) is 10.2. The molecule has 0 rings (SSSR count). The third-order valence-electron chi connectivity index (χ3n) is 15.2. The molecule has 0 aromatic carbocycles. The first-order chi connectivity index (χ1) is 35.5. The molecular weight excluding hydrogens is 887 g/mol. The molecule has 0 aliphatic heterocycles. The first-order valence-electron chi connectivity index (χ1n) is 32.6. The van der Waals surface area contributed by atoms with E-state index in [-0.39, 0.29) is 18.5 Å². The van der Waals surface area contributed by atoms with E-state index in [0.717, 1.165) is 57.8 Å². The van der Waals surface area contributed by atoms with Crippen LogP contribution in [0.15, 0.2) is 24.3 Å². The molecule has 0 spiro atoms. The van der Waals surface area contributed by atoms with Crippen LogP contribution in [0.25, 0.3) is 0 Å². The van der Waals surface area contributed by atoms with E-state index in [0.29, 0.717) is 19.4 Å². The molecule has 0 aromatic heterocycles. The van der Waals surface area contributed by atoms with Crippen LogP contribution in [0.1, 0.15) is 361 Å². The van der Waals surface area contributed by atoms with Gasteiger partial charge in [-0.25, -0.2) is 0 Å². The molecule has 2 unspecified atom stereocenters. The number of carbonyl (C=O) groups excluding carboxylic acids is 2. The number of unbranched alkanes of at least 4 members (excludes halogenated alkanes) is 48. The summed E-state index contributed by atoms with van der Waals surface area (Å²) in [5, 5.41) is 23.2. The number of carbonyl (C=O) groups is 2. The zero-order chi connectivity index (χ0) is 52.2. The van der Waals surface area contributed by atoms with Gasteiger partial charge in [0.1, 0.15) is 0 Å². The molecule has 0 aromatic rings. The van der Waals surface area contributed by atoms with Gasteiger partial charge in [0.25, 0.3) is 0 Å². The van der Waals surface area contributed by atoms with Crippen molar-refractivity contribution >= 4 is 11.9 Å². The highest BCUT2D eigenvalue weighted by Crippen LogP contribution is 2.18. The number of rotatable bonds is 61. The van der Waals surface area contributed by atoms with Gasteiger partial charge in [0.05, 0.1) is 25.4 Å². The van der Waals surface area contributed by atoms with E-state index in [1.165, 1.54) is 276 Å². The molecule has 0 fully saturated rings. The van der Waals surface area contributed by atoms with E-state index in [9.17, 15) is 19.8 Å². The van der Waals surface area contributed by atoms with Crippen LogP contribution >= 0.6 is 0 Å². The Morgan fingerprint density at radius 2 is 0.653 bits per heavy atom. The molecule has 0 aliphatic rings. The Balaban J connectivity index is 3.45. The van der Waals surface area contributed by atoms with E-state index in [4.69, 9.17) is 4.74 Å². The predicted octanol–water partition coefficient (Wildman–Crippen LogP) is 20.6. The molecule has 426 valence electrons. The predicted molar refractivity (Wildman–Crippen MR) is 315 cm³/mol. The number of amides is 1. The lowest BCUT2D eigenvalue weighted by molar-refractivity contribution is -0.143. The molecule has 72 heavy (non-hydrogen) atoms. The summed E-state index contributed by atoms with van der Waals surface area (Å²) in [4.78, 5) is 24.6. The molecule has 0 aliphatic carbocycles. The molecule has 0 bridgehead atoms. The van der Waals surface area contributed by atoms with Crippen molar-refractivity contribution in [3.63, 3.8) is 0 Å². The number of ether oxygens (including phenoxy) is 1. The van der Waals surface area contributed by atoms with Crippen molar-refractivity contribution in [1.29, 1.82) is 0 Å². The van der Waals surface area contributed by atoms with Gasteiger partial charge in [-0.3, -0.25) is 9.59 Å². The van der Waals surface area contributed by atoms with Crippen molar-refractivity contribution < 1.29 is 24.5 Å². The number of aliphatic hydroxyl groups excluding tert-OH is 2. The topological polar surface area (TPSA) is 95.9 Å². The standard InChI is InChI=1S/C66H127NO5/c1-3-5-7-9-11-13-15-17-19-21-23-24-25-26-28-29-31-34-38-42-46-50-54-58-64(69)63(62-68)67-65(70)59-55-51-47-43-39-35-33-37-41-45-49-53-57-61-72-66(71)60-56-52-48-44-40-36-32-30-27-22-20-18-16-14-12-10-8-6-4-2/h18,20,54,58,63-64,68-69H,3-17,19,21-53,55-57,59-62H2,1-2H3,(H,67,70)/b20-18-,58-54+. The Hall–Kier alpha value is -1.66. The van der Waals surface area contributed by atoms with Gasteiger partial charge in [-0.15, -0.1) is 0 Å². The molecule has 6 nitrogen and oxygen atoms in total. The summed E-state index contributed by atoms with van der Waals surface area (Å²) >= 11 is 0. The van der Waals surface area contributed by atoms with Crippen LogP contribution in [0.4, 0.5) is 0 Å². The van der Waals surface area contributed by atoms with E-state index < -0.39 is 12.1 Å². The molecule has 1 amide bonds. The smallest absolute Gasteiger partial charge is 0.305 e. The lowest BCUT2D eigenvalue weighted by Crippen LogP contribution is -2.45. The summed E-state index contributed by atoms with van der Waals surface area (Å²) in [6, 6.07) is -0.639. The van der Waals surface area contributed by atoms with Crippen LogP contribution in [-0.4, -0.2) is 47.4 Å². The number of allylic oxidation sites excluding steroid dienone is 3. The van der Waals surface area contributed by atoms with E-state index in [1.54, 1.807) is 6.08 Å². The van der Waals surface area contributed by atoms with Crippen LogP contribution in [0.2, 0.25) is 0 Å². The van der Waals surface area contributed by atoms with Crippen LogP contribution in [0.3, 0.4) is 0 Å². The lowest BCUT2D eigenvalue weighted by atomic mass is 10.0. The maximum atomic E-state index is 12.5. The fourth-order valence-electron chi connectivity index (χ4n) is 10.2. The first-order valence-corrected chi connectivity index (χ1v) is 32.6. The second-order valence-electron chi connectivity index (χ2n) is 22.5. The largest absolute Gasteiger partial charge is 0.466 e. The second kappa shape index (κ2) is 61.9. The van der Waals surface area contributed by atoms with E-state index in [2.05, 4.69) is 31.3 Å². The minimum absolute atomic E-state index is 0.00623. The van der Waals surface area contributed by atoms with Gasteiger partial charge in [-0.1, -0.05) is 314 Å². The Morgan fingerprint density at radius 1 is 0.375 bits per heavy atom. The quantitative estimate of drug-likeness (QED) is 0.0320. The number of aliphatic hydroxyl groups is 2. The normalized spacial score (nSPS) is 12.7. The van der Waals surface area contributed by atoms with Crippen molar-refractivity contribution in [1.82, 2.24) is 5.32 Å². The second-order valence-corrected chi connectivity index (χ2v) is 22.5. The molecule has 0 saturated heterocycles. The highest BCUT2D eigenvalue weighted by Gasteiger charge is 2.18. The van der Waals surface area contributed by atoms with Gasteiger partial charge in [0.2, 0.25) is 5.91 Å². The monoisotopic (exact) mass is 1010 g/mol. The summed E-state index contributed by atoms with van der Waals surface area (Å²) < 4.78 is 5.49. The number of esters is 1. The Bertz CT molecular complexity index is 1120. The van der Waals surface area contributed by atoms with Crippen molar-refractivity contribution in [2.75, 3.05) is 13.2 Å². The van der Waals surface area contributed by atoms with Gasteiger partial charge >= 0.3 is 5.97 Å². The molecule has 6 heteroatoms. The summed E-state index contributed by atoms with van der Waals surface area (Å²) in [6.45, 7) is 4.90. The maximum Gasteiger partial charge on any atom is 0.305 e. The lowest BCUT2D eigenvalue weighted by Gasteiger charge is -2.20. The van der Waals surface area contributed by atoms with E-state index in [1.807, 2.05) is 6.08 Å². The molecule has 3 N–H and O–H groups in total. The van der Waals surface area contributed by atoms with E-state index >= 15 is 0 Å². The van der Waals surface area contributed by atoms with Crippen LogP contribution in [0.5, 0.6) is 0 Å². The van der Waals surface area contributed by atoms with Crippen LogP contribution in [0, 0.1) is 0 Å². The van der Waals surface area contributed by atoms with Gasteiger partial charge in [-0.2, -0.15) is 0 Å². The summed E-state index contributed by atoms with van der Waals surface area (Å²) in [5.74, 6) is -0.0832. The minimum atomic E-state index is -0.854. The average molecular weight is 1010 g/mol. The SMILES string of the molecule is CCCCCCCC/C=C\CCCCCCCCCCCC(=O)OCCCCCCCCCCCCCCCC(=O)NC(CO)C(O)/C=C/CCCCCCCCCCCCCCCCCCCCCCC. The summed E-state index contributed by atoms with van der Waals surface area (Å²) in [6.07, 6.45) is 76.5. The van der Waals surface area contributed by atoms with Gasteiger partial charge in [-0.05, 0) is 57.8 Å². The number of hydrogen-bond acceptors (Lipinski definition) is 5. The minimum Gasteiger partial charge on any atom is -0.466 e. The highest BCUT2D eigenvalue weighted by molar-refractivity contribution is 5.76. The Labute approximate surface area is 450 Å². The maximum absolute atomic E-state index is 12.5. The molecular formula is C66H127NO5. The van der Waals surface area contributed by atoms with Crippen LogP contribution in [-0.2, 0) is 14.3 Å². The molecule has 0 heterocycles. The van der Waals surface area contributed by atoms with Gasteiger partial charge in [0, 0.05) is 12.8 Å². The zero-order valence-corrected chi connectivity index (χ0v) is 48.7. The Morgan fingerprint density at radius 3 is 0.986 bits per heavy atom. The highest BCUT2D eigenvalue weighted by atomic mass is 16.5. The third-order valence-corrected chi connectivity index (χ3v) is 15.2. The zero-order valence-electron chi connectivity index (χ0n) is 48.7. The van der Waals surface area contributed by atoms with Crippen molar-refractivity contribution in [3.8, 4) is 0 Å². The third kappa shape index (κ3) is 57.6. The molecule has 2 atom stereocenters. The number of nitrogens with one attached hydrogen (secondary N) is 1. The average Bonchev–Trinajstić information content (AvgIpc) is 3.38. The summed E-state index contributed by atoms with van der Waals surface area (Å²) in [7, 11) is 0. The van der Waals surface area contributed by atoms with Crippen LogP contribution < -0.4 is 5.32 Å². The first kappa shape index (κ1) is 70.3. The molecule has 0 radical (unpaired) electrons. The van der Waals surface area contributed by atoms with Gasteiger partial charge < -0.3 is 20.3 Å². The van der Waals surface area contributed by atoms with Gasteiger partial charge in [0.15, 0.2) is 0 Å². The Kier molecular flexibility index (Phi) is 60.5.